The van der Waals surface area contributed by atoms with Crippen molar-refractivity contribution in [3.63, 3.8) is 0 Å². The van der Waals surface area contributed by atoms with Gasteiger partial charge in [-0.1, -0.05) is 11.6 Å². The number of hydrogen-bond donors (Lipinski definition) is 1. The highest BCUT2D eigenvalue weighted by atomic mass is 16.4. The van der Waals surface area contributed by atoms with Crippen LogP contribution in [0.15, 0.2) is 24.4 Å². The fourth-order valence-corrected chi connectivity index (χ4v) is 1.59. The monoisotopic (exact) mass is 204 g/mol. The van der Waals surface area contributed by atoms with Crippen molar-refractivity contribution < 1.29 is 9.90 Å². The van der Waals surface area contributed by atoms with Crippen molar-refractivity contribution in [1.82, 2.24) is 9.78 Å². The maximum atomic E-state index is 10.4. The first kappa shape index (κ1) is 9.71. The summed E-state index contributed by atoms with van der Waals surface area (Å²) >= 11 is 0. The number of nitrogens with zero attached hydrogens (tertiary/aromatic N) is 2. The molecule has 1 heterocycles. The lowest BCUT2D eigenvalue weighted by molar-refractivity contribution is -0.137. The maximum Gasteiger partial charge on any atom is 0.305 e. The summed E-state index contributed by atoms with van der Waals surface area (Å²) < 4.78 is 1.73. The van der Waals surface area contributed by atoms with Crippen molar-refractivity contribution in [3.05, 3.63) is 30.0 Å². The number of benzene rings is 1. The first-order chi connectivity index (χ1) is 7.16. The molecule has 2 rings (SSSR count). The second-order valence-corrected chi connectivity index (χ2v) is 3.57. The van der Waals surface area contributed by atoms with Gasteiger partial charge in [0.15, 0.2) is 0 Å². The van der Waals surface area contributed by atoms with E-state index in [1.165, 1.54) is 5.56 Å². The van der Waals surface area contributed by atoms with Gasteiger partial charge in [-0.2, -0.15) is 5.10 Å². The van der Waals surface area contributed by atoms with Gasteiger partial charge >= 0.3 is 5.97 Å². The van der Waals surface area contributed by atoms with E-state index in [9.17, 15) is 4.79 Å². The molecule has 0 saturated carbocycles. The van der Waals surface area contributed by atoms with Crippen LogP contribution in [0.4, 0.5) is 0 Å². The molecule has 0 spiro atoms. The van der Waals surface area contributed by atoms with E-state index in [0.29, 0.717) is 6.54 Å². The molecule has 0 aliphatic heterocycles. The summed E-state index contributed by atoms with van der Waals surface area (Å²) in [6.45, 7) is 2.44. The number of carboxylic acids is 1. The number of carbonyl (C=O) groups is 1. The van der Waals surface area contributed by atoms with Gasteiger partial charge in [0, 0.05) is 5.39 Å². The van der Waals surface area contributed by atoms with E-state index < -0.39 is 5.97 Å². The number of aliphatic carboxylic acids is 1. The molecule has 15 heavy (non-hydrogen) atoms. The Bertz CT molecular complexity index is 502. The van der Waals surface area contributed by atoms with E-state index >= 15 is 0 Å². The molecular formula is C11H12N2O2. The Morgan fingerprint density at radius 2 is 2.33 bits per heavy atom. The Morgan fingerprint density at radius 1 is 1.53 bits per heavy atom. The Hall–Kier alpha value is -1.84. The van der Waals surface area contributed by atoms with Gasteiger partial charge in [-0.25, -0.2) is 0 Å². The Kier molecular flexibility index (Phi) is 2.41. The van der Waals surface area contributed by atoms with Crippen molar-refractivity contribution >= 4 is 16.9 Å². The molecule has 4 heteroatoms. The molecule has 78 valence electrons. The highest BCUT2D eigenvalue weighted by Gasteiger charge is 2.04. The largest absolute Gasteiger partial charge is 0.481 e. The van der Waals surface area contributed by atoms with Crippen LogP contribution in [0.25, 0.3) is 10.9 Å². The van der Waals surface area contributed by atoms with E-state index in [-0.39, 0.29) is 6.42 Å². The fraction of sp³-hybridized carbons (Fsp3) is 0.273. The topological polar surface area (TPSA) is 55.1 Å². The summed E-state index contributed by atoms with van der Waals surface area (Å²) in [5.41, 5.74) is 2.17. The molecule has 1 N–H and O–H groups in total. The normalized spacial score (nSPS) is 10.7. The molecule has 4 nitrogen and oxygen atoms in total. The quantitative estimate of drug-likeness (QED) is 0.829. The lowest BCUT2D eigenvalue weighted by atomic mass is 10.2. The molecule has 0 unspecified atom stereocenters. The van der Waals surface area contributed by atoms with Crippen LogP contribution in [0.1, 0.15) is 12.0 Å². The second-order valence-electron chi connectivity index (χ2n) is 3.57. The minimum Gasteiger partial charge on any atom is -0.481 e. The predicted octanol–water partition coefficient (Wildman–Crippen LogP) is 1.82. The third-order valence-corrected chi connectivity index (χ3v) is 2.33. The average molecular weight is 204 g/mol. The number of carboxylic acid groups (broad SMARTS) is 1. The van der Waals surface area contributed by atoms with E-state index in [1.807, 2.05) is 25.1 Å². The van der Waals surface area contributed by atoms with E-state index in [1.54, 1.807) is 10.9 Å². The standard InChI is InChI=1S/C11H12N2O2/c1-8-2-3-10-9(6-8)7-12-13(10)5-4-11(14)15/h2-3,6-7H,4-5H2,1H3,(H,14,15). The van der Waals surface area contributed by atoms with Crippen LogP contribution in [-0.4, -0.2) is 20.9 Å². The zero-order valence-corrected chi connectivity index (χ0v) is 8.47. The minimum atomic E-state index is -0.800. The summed E-state index contributed by atoms with van der Waals surface area (Å²) in [6, 6.07) is 6.01. The molecule has 0 atom stereocenters. The third kappa shape index (κ3) is 1.98. The van der Waals surface area contributed by atoms with Crippen LogP contribution in [0.5, 0.6) is 0 Å². The van der Waals surface area contributed by atoms with Gasteiger partial charge in [0.05, 0.1) is 24.7 Å². The number of rotatable bonds is 3. The molecule has 2 aromatic rings. The van der Waals surface area contributed by atoms with Gasteiger partial charge in [0.25, 0.3) is 0 Å². The highest BCUT2D eigenvalue weighted by Crippen LogP contribution is 2.15. The molecule has 0 aliphatic carbocycles. The Labute approximate surface area is 87.1 Å². The predicted molar refractivity (Wildman–Crippen MR) is 56.7 cm³/mol. The van der Waals surface area contributed by atoms with E-state index in [0.717, 1.165) is 10.9 Å². The van der Waals surface area contributed by atoms with Crippen LogP contribution < -0.4 is 0 Å². The van der Waals surface area contributed by atoms with Crippen molar-refractivity contribution in [1.29, 1.82) is 0 Å². The molecule has 0 radical (unpaired) electrons. The van der Waals surface area contributed by atoms with Crippen molar-refractivity contribution in [2.75, 3.05) is 0 Å². The summed E-state index contributed by atoms with van der Waals surface area (Å²) in [7, 11) is 0. The third-order valence-electron chi connectivity index (χ3n) is 2.33. The molecule has 0 saturated heterocycles. The molecule has 1 aromatic heterocycles. The van der Waals surface area contributed by atoms with Gasteiger partial charge in [0.2, 0.25) is 0 Å². The molecule has 0 fully saturated rings. The van der Waals surface area contributed by atoms with Gasteiger partial charge in [-0.15, -0.1) is 0 Å². The van der Waals surface area contributed by atoms with E-state index in [2.05, 4.69) is 5.10 Å². The Morgan fingerprint density at radius 3 is 3.07 bits per heavy atom. The van der Waals surface area contributed by atoms with Gasteiger partial charge < -0.3 is 5.11 Å². The van der Waals surface area contributed by atoms with Crippen molar-refractivity contribution in [2.45, 2.75) is 19.9 Å². The average Bonchev–Trinajstić information content (AvgIpc) is 2.57. The van der Waals surface area contributed by atoms with Crippen LogP contribution in [0, 0.1) is 6.92 Å². The fourth-order valence-electron chi connectivity index (χ4n) is 1.59. The number of hydrogen-bond acceptors (Lipinski definition) is 2. The van der Waals surface area contributed by atoms with Crippen LogP contribution >= 0.6 is 0 Å². The lowest BCUT2D eigenvalue weighted by Gasteiger charge is -2.00. The number of aryl methyl sites for hydroxylation is 2. The minimum absolute atomic E-state index is 0.102. The molecule has 0 amide bonds. The SMILES string of the molecule is Cc1ccc2c(cnn2CCC(=O)O)c1. The molecular weight excluding hydrogens is 192 g/mol. The summed E-state index contributed by atoms with van der Waals surface area (Å²) in [5.74, 6) is -0.800. The maximum absolute atomic E-state index is 10.4. The van der Waals surface area contributed by atoms with Gasteiger partial charge in [-0.05, 0) is 19.1 Å². The number of fused-ring (bicyclic) bond motifs is 1. The summed E-state index contributed by atoms with van der Waals surface area (Å²) in [6.07, 6.45) is 1.87. The van der Waals surface area contributed by atoms with Crippen LogP contribution in [-0.2, 0) is 11.3 Å². The molecule has 1 aromatic carbocycles. The van der Waals surface area contributed by atoms with Gasteiger partial charge in [0.1, 0.15) is 0 Å². The van der Waals surface area contributed by atoms with Crippen molar-refractivity contribution in [2.24, 2.45) is 0 Å². The summed E-state index contributed by atoms with van der Waals surface area (Å²) in [4.78, 5) is 10.4. The molecule has 0 aliphatic rings. The second kappa shape index (κ2) is 3.73. The zero-order chi connectivity index (χ0) is 10.8. The zero-order valence-electron chi connectivity index (χ0n) is 8.47. The first-order valence-corrected chi connectivity index (χ1v) is 4.81. The smallest absolute Gasteiger partial charge is 0.305 e. The highest BCUT2D eigenvalue weighted by molar-refractivity contribution is 5.79. The van der Waals surface area contributed by atoms with Gasteiger partial charge in [-0.3, -0.25) is 9.48 Å². The summed E-state index contributed by atoms with van der Waals surface area (Å²) in [5, 5.41) is 13.8. The lowest BCUT2D eigenvalue weighted by Crippen LogP contribution is -2.05. The number of aromatic nitrogens is 2. The first-order valence-electron chi connectivity index (χ1n) is 4.81. The van der Waals surface area contributed by atoms with Crippen LogP contribution in [0.2, 0.25) is 0 Å². The van der Waals surface area contributed by atoms with Crippen molar-refractivity contribution in [3.8, 4) is 0 Å². The van der Waals surface area contributed by atoms with Crippen LogP contribution in [0.3, 0.4) is 0 Å². The van der Waals surface area contributed by atoms with E-state index in [4.69, 9.17) is 5.11 Å². The molecule has 0 bridgehead atoms. The Balaban J connectivity index is 2.32.